The molecule has 0 saturated heterocycles. The number of carbonyl (C=O) groups excluding carboxylic acids is 2. The topological polar surface area (TPSA) is 49.4 Å². The third kappa shape index (κ3) is 9.06. The first kappa shape index (κ1) is 29.0. The van der Waals surface area contributed by atoms with Crippen LogP contribution in [0, 0.1) is 5.82 Å². The molecule has 0 fully saturated rings. The molecule has 0 radical (unpaired) electrons. The zero-order valence-electron chi connectivity index (χ0n) is 21.1. The Bertz CT molecular complexity index is 1200. The van der Waals surface area contributed by atoms with Crippen molar-refractivity contribution in [2.75, 3.05) is 5.75 Å². The van der Waals surface area contributed by atoms with Gasteiger partial charge in [-0.3, -0.25) is 9.59 Å². The number of carbonyl (C=O) groups is 2. The molecule has 0 bridgehead atoms. The summed E-state index contributed by atoms with van der Waals surface area (Å²) in [6, 6.07) is 20.6. The first-order valence-electron chi connectivity index (χ1n) is 11.9. The average molecular weight is 562 g/mol. The molecule has 0 spiro atoms. The van der Waals surface area contributed by atoms with Gasteiger partial charge in [0.25, 0.3) is 0 Å². The quantitative estimate of drug-likeness (QED) is 0.292. The molecule has 3 aromatic rings. The maximum atomic E-state index is 14.2. The molecular weight excluding hydrogens is 530 g/mol. The smallest absolute Gasteiger partial charge is 0.243 e. The second kappa shape index (κ2) is 13.3. The molecule has 196 valence electrons. The van der Waals surface area contributed by atoms with Crippen molar-refractivity contribution in [2.45, 2.75) is 51.1 Å². The maximum Gasteiger partial charge on any atom is 0.243 e. The molecule has 0 aliphatic heterocycles. The normalized spacial score (nSPS) is 12.2. The van der Waals surface area contributed by atoms with Crippen molar-refractivity contribution >= 4 is 46.8 Å². The molecule has 3 aromatic carbocycles. The number of hydrogen-bond donors (Lipinski definition) is 1. The van der Waals surface area contributed by atoms with Crippen molar-refractivity contribution in [1.82, 2.24) is 10.2 Å². The van der Waals surface area contributed by atoms with Crippen LogP contribution < -0.4 is 5.32 Å². The van der Waals surface area contributed by atoms with E-state index >= 15 is 0 Å². The second-order valence-corrected chi connectivity index (χ2v) is 11.6. The van der Waals surface area contributed by atoms with Gasteiger partial charge in [0, 0.05) is 39.9 Å². The summed E-state index contributed by atoms with van der Waals surface area (Å²) < 4.78 is 14.2. The monoisotopic (exact) mass is 560 g/mol. The lowest BCUT2D eigenvalue weighted by atomic mass is 10.0. The number of benzene rings is 3. The van der Waals surface area contributed by atoms with Crippen LogP contribution in [-0.2, 0) is 28.3 Å². The van der Waals surface area contributed by atoms with E-state index in [4.69, 9.17) is 23.2 Å². The summed E-state index contributed by atoms with van der Waals surface area (Å²) in [7, 11) is 0. The van der Waals surface area contributed by atoms with Gasteiger partial charge in [-0.2, -0.15) is 0 Å². The fraction of sp³-hybridized carbons (Fsp3) is 0.310. The lowest BCUT2D eigenvalue weighted by Gasteiger charge is -2.34. The average Bonchev–Trinajstić information content (AvgIpc) is 2.82. The molecule has 0 unspecified atom stereocenters. The van der Waals surface area contributed by atoms with Gasteiger partial charge in [0.2, 0.25) is 11.8 Å². The van der Waals surface area contributed by atoms with Crippen LogP contribution in [0.1, 0.15) is 37.5 Å². The molecule has 8 heteroatoms. The number of thioether (sulfide) groups is 1. The highest BCUT2D eigenvalue weighted by Crippen LogP contribution is 2.25. The standard InChI is InChI=1S/C29H31Cl2FN2O2S/c1-29(2,3)33-28(36)26(16-20-9-5-4-6-10-20)34(17-21-11-7-12-22(30)15-21)27(35)19-37-18-23-24(31)13-8-14-25(23)32/h4-15,26H,16-19H2,1-3H3,(H,33,36)/t26-/m0/s1. The summed E-state index contributed by atoms with van der Waals surface area (Å²) in [5.74, 6) is -0.593. The van der Waals surface area contributed by atoms with E-state index in [2.05, 4.69) is 5.32 Å². The first-order valence-corrected chi connectivity index (χ1v) is 13.8. The van der Waals surface area contributed by atoms with Gasteiger partial charge in [0.05, 0.1) is 5.75 Å². The Morgan fingerprint density at radius 3 is 2.30 bits per heavy atom. The van der Waals surface area contributed by atoms with Crippen LogP contribution in [-0.4, -0.2) is 34.0 Å². The van der Waals surface area contributed by atoms with Crippen molar-refractivity contribution in [3.63, 3.8) is 0 Å². The number of amides is 2. The van der Waals surface area contributed by atoms with Crippen LogP contribution in [0.15, 0.2) is 72.8 Å². The Morgan fingerprint density at radius 1 is 0.973 bits per heavy atom. The highest BCUT2D eigenvalue weighted by atomic mass is 35.5. The zero-order chi connectivity index (χ0) is 27.0. The minimum absolute atomic E-state index is 0.0549. The van der Waals surface area contributed by atoms with Gasteiger partial charge in [0.1, 0.15) is 11.9 Å². The van der Waals surface area contributed by atoms with Crippen LogP contribution in [0.4, 0.5) is 4.39 Å². The number of halogens is 3. The van der Waals surface area contributed by atoms with E-state index in [9.17, 15) is 14.0 Å². The highest BCUT2D eigenvalue weighted by molar-refractivity contribution is 7.99. The molecule has 1 atom stereocenters. The first-order chi connectivity index (χ1) is 17.5. The third-order valence-electron chi connectivity index (χ3n) is 5.54. The molecule has 0 aromatic heterocycles. The van der Waals surface area contributed by atoms with Crippen molar-refractivity contribution in [2.24, 2.45) is 0 Å². The Labute approximate surface area is 232 Å². The molecule has 3 rings (SSSR count). The third-order valence-corrected chi connectivity index (χ3v) is 7.08. The van der Waals surface area contributed by atoms with Crippen LogP contribution in [0.3, 0.4) is 0 Å². The number of hydrogen-bond acceptors (Lipinski definition) is 3. The molecule has 0 aliphatic rings. The van der Waals surface area contributed by atoms with Crippen molar-refractivity contribution in [3.05, 3.63) is 105 Å². The van der Waals surface area contributed by atoms with E-state index in [1.54, 1.807) is 29.2 Å². The summed E-state index contributed by atoms with van der Waals surface area (Å²) in [6.45, 7) is 5.92. The largest absolute Gasteiger partial charge is 0.350 e. The van der Waals surface area contributed by atoms with Crippen LogP contribution in [0.5, 0.6) is 0 Å². The summed E-state index contributed by atoms with van der Waals surface area (Å²) in [4.78, 5) is 28.8. The summed E-state index contributed by atoms with van der Waals surface area (Å²) in [6.07, 6.45) is 0.346. The highest BCUT2D eigenvalue weighted by Gasteiger charge is 2.32. The molecule has 1 N–H and O–H groups in total. The van der Waals surface area contributed by atoms with Crippen LogP contribution in [0.25, 0.3) is 0 Å². The van der Waals surface area contributed by atoms with Gasteiger partial charge in [-0.05, 0) is 56.2 Å². The Morgan fingerprint density at radius 2 is 1.65 bits per heavy atom. The fourth-order valence-corrected chi connectivity index (χ4v) is 5.29. The van der Waals surface area contributed by atoms with E-state index < -0.39 is 17.4 Å². The van der Waals surface area contributed by atoms with E-state index in [1.807, 2.05) is 63.2 Å². The van der Waals surface area contributed by atoms with E-state index in [-0.39, 0.29) is 29.9 Å². The van der Waals surface area contributed by atoms with E-state index in [0.29, 0.717) is 22.0 Å². The summed E-state index contributed by atoms with van der Waals surface area (Å²) in [5, 5.41) is 3.91. The maximum absolute atomic E-state index is 14.2. The van der Waals surface area contributed by atoms with Gasteiger partial charge >= 0.3 is 0 Å². The molecule has 37 heavy (non-hydrogen) atoms. The Balaban J connectivity index is 1.89. The van der Waals surface area contributed by atoms with E-state index in [1.165, 1.54) is 17.8 Å². The second-order valence-electron chi connectivity index (χ2n) is 9.79. The van der Waals surface area contributed by atoms with Crippen LogP contribution >= 0.6 is 35.0 Å². The SMILES string of the molecule is CC(C)(C)NC(=O)[C@H](Cc1ccccc1)N(Cc1cccc(Cl)c1)C(=O)CSCc1c(F)cccc1Cl. The van der Waals surface area contributed by atoms with Gasteiger partial charge < -0.3 is 10.2 Å². The van der Waals surface area contributed by atoms with E-state index in [0.717, 1.165) is 11.1 Å². The molecule has 4 nitrogen and oxygen atoms in total. The minimum atomic E-state index is -0.759. The van der Waals surface area contributed by atoms with Gasteiger partial charge in [-0.15, -0.1) is 11.8 Å². The Hall–Kier alpha value is -2.54. The molecule has 0 saturated carbocycles. The molecule has 0 heterocycles. The minimum Gasteiger partial charge on any atom is -0.350 e. The van der Waals surface area contributed by atoms with Crippen molar-refractivity contribution < 1.29 is 14.0 Å². The summed E-state index contributed by atoms with van der Waals surface area (Å²) >= 11 is 13.6. The van der Waals surface area contributed by atoms with Crippen LogP contribution in [0.2, 0.25) is 10.0 Å². The van der Waals surface area contributed by atoms with Gasteiger partial charge in [-0.25, -0.2) is 4.39 Å². The molecule has 2 amide bonds. The molecular formula is C29H31Cl2FN2O2S. The van der Waals surface area contributed by atoms with Crippen molar-refractivity contribution in [3.8, 4) is 0 Å². The van der Waals surface area contributed by atoms with Crippen molar-refractivity contribution in [1.29, 1.82) is 0 Å². The number of nitrogens with one attached hydrogen (secondary N) is 1. The lowest BCUT2D eigenvalue weighted by molar-refractivity contribution is -0.140. The zero-order valence-corrected chi connectivity index (χ0v) is 23.5. The van der Waals surface area contributed by atoms with Gasteiger partial charge in [-0.1, -0.05) is 71.7 Å². The number of nitrogens with zero attached hydrogens (tertiary/aromatic N) is 1. The predicted molar refractivity (Wildman–Crippen MR) is 151 cm³/mol. The number of rotatable bonds is 10. The van der Waals surface area contributed by atoms with Gasteiger partial charge in [0.15, 0.2) is 0 Å². The lowest BCUT2D eigenvalue weighted by Crippen LogP contribution is -2.54. The summed E-state index contributed by atoms with van der Waals surface area (Å²) in [5.41, 5.74) is 1.62. The Kier molecular flexibility index (Phi) is 10.4. The fourth-order valence-electron chi connectivity index (χ4n) is 3.83. The molecule has 0 aliphatic carbocycles. The predicted octanol–water partition coefficient (Wildman–Crippen LogP) is 6.92.